The number of likely N-dealkylation sites (tertiary alicyclic amines) is 1. The van der Waals surface area contributed by atoms with Gasteiger partial charge in [-0.3, -0.25) is 14.5 Å². The van der Waals surface area contributed by atoms with Gasteiger partial charge in [0.05, 0.1) is 11.4 Å². The van der Waals surface area contributed by atoms with E-state index in [1.54, 1.807) is 0 Å². The molecular weight excluding hydrogens is 476 g/mol. The second kappa shape index (κ2) is 10.0. The highest BCUT2D eigenvalue weighted by atomic mass is 16.2. The largest absolute Gasteiger partial charge is 0.365 e. The molecule has 8 nitrogen and oxygen atoms in total. The van der Waals surface area contributed by atoms with Crippen molar-refractivity contribution >= 4 is 23.2 Å². The van der Waals surface area contributed by atoms with E-state index in [1.807, 2.05) is 25.3 Å². The van der Waals surface area contributed by atoms with Crippen molar-refractivity contribution in [3.8, 4) is 0 Å². The van der Waals surface area contributed by atoms with Crippen LogP contribution in [0.15, 0.2) is 72.7 Å². The summed E-state index contributed by atoms with van der Waals surface area (Å²) in [5, 5.41) is 13.1. The predicted octanol–water partition coefficient (Wildman–Crippen LogP) is 3.64. The van der Waals surface area contributed by atoms with Crippen LogP contribution < -0.4 is 21.3 Å². The van der Waals surface area contributed by atoms with Gasteiger partial charge in [-0.1, -0.05) is 25.1 Å². The number of amides is 2. The third-order valence-electron chi connectivity index (χ3n) is 7.98. The Morgan fingerprint density at radius 3 is 2.82 bits per heavy atom. The van der Waals surface area contributed by atoms with Gasteiger partial charge in [0.1, 0.15) is 6.17 Å². The maximum atomic E-state index is 11.9. The Hall–Kier alpha value is -4.04. The van der Waals surface area contributed by atoms with Crippen molar-refractivity contribution in [1.29, 1.82) is 0 Å². The number of nitrogens with one attached hydrogen (secondary N) is 4. The molecule has 196 valence electrons. The Morgan fingerprint density at radius 2 is 2.00 bits per heavy atom. The average Bonchev–Trinajstić information content (AvgIpc) is 3.69. The monoisotopic (exact) mass is 510 g/mol. The van der Waals surface area contributed by atoms with Gasteiger partial charge in [-0.25, -0.2) is 0 Å². The normalized spacial score (nSPS) is 22.7. The quantitative estimate of drug-likeness (QED) is 0.455. The van der Waals surface area contributed by atoms with Crippen molar-refractivity contribution in [3.05, 3.63) is 95.0 Å². The Morgan fingerprint density at radius 1 is 1.16 bits per heavy atom. The first-order valence-corrected chi connectivity index (χ1v) is 13.4. The zero-order valence-corrected chi connectivity index (χ0v) is 21.8. The van der Waals surface area contributed by atoms with E-state index in [4.69, 9.17) is 0 Å². The van der Waals surface area contributed by atoms with E-state index in [9.17, 15) is 9.59 Å². The van der Waals surface area contributed by atoms with Crippen LogP contribution in [0.1, 0.15) is 59.8 Å². The van der Waals surface area contributed by atoms with E-state index in [-0.39, 0.29) is 24.0 Å². The van der Waals surface area contributed by atoms with E-state index in [0.29, 0.717) is 19.0 Å². The minimum Gasteiger partial charge on any atom is -0.365 e. The van der Waals surface area contributed by atoms with Crippen molar-refractivity contribution < 1.29 is 9.59 Å². The number of carbonyl (C=O) groups is 2. The molecule has 38 heavy (non-hydrogen) atoms. The van der Waals surface area contributed by atoms with Crippen LogP contribution in [0.2, 0.25) is 0 Å². The lowest BCUT2D eigenvalue weighted by Gasteiger charge is -2.33. The molecule has 2 amide bonds. The zero-order valence-electron chi connectivity index (χ0n) is 21.8. The summed E-state index contributed by atoms with van der Waals surface area (Å²) in [7, 11) is 0. The highest BCUT2D eigenvalue weighted by Crippen LogP contribution is 2.33. The number of nitrogens with zero attached hydrogens (tertiary/aromatic N) is 2. The fourth-order valence-corrected chi connectivity index (χ4v) is 5.74. The van der Waals surface area contributed by atoms with E-state index in [0.717, 1.165) is 53.3 Å². The number of hydrogen-bond acceptors (Lipinski definition) is 6. The Kier molecular flexibility index (Phi) is 6.41. The molecule has 2 aromatic carbocycles. The Bertz CT molecular complexity index is 1350. The molecule has 0 bridgehead atoms. The van der Waals surface area contributed by atoms with Crippen LogP contribution in [0, 0.1) is 0 Å². The molecule has 8 heteroatoms. The fraction of sp³-hybridized carbons (Fsp3) is 0.333. The van der Waals surface area contributed by atoms with E-state index in [1.165, 1.54) is 5.56 Å². The van der Waals surface area contributed by atoms with Crippen molar-refractivity contribution in [1.82, 2.24) is 25.8 Å². The van der Waals surface area contributed by atoms with Crippen LogP contribution in [0.3, 0.4) is 0 Å². The lowest BCUT2D eigenvalue weighted by atomic mass is 10.0. The molecule has 2 aromatic rings. The molecule has 0 aromatic heterocycles. The molecule has 0 saturated carbocycles. The summed E-state index contributed by atoms with van der Waals surface area (Å²) in [6, 6.07) is 15.2. The fourth-order valence-electron chi connectivity index (χ4n) is 5.74. The smallest absolute Gasteiger partial charge is 0.251 e. The number of carbonyl (C=O) groups excluding carboxylic acids is 2. The first kappa shape index (κ1) is 24.3. The van der Waals surface area contributed by atoms with Gasteiger partial charge < -0.3 is 26.2 Å². The number of hydrogen-bond donors (Lipinski definition) is 4. The molecule has 4 aliphatic rings. The molecule has 1 fully saturated rings. The van der Waals surface area contributed by atoms with Crippen molar-refractivity contribution in [3.63, 3.8) is 0 Å². The summed E-state index contributed by atoms with van der Waals surface area (Å²) >= 11 is 0. The summed E-state index contributed by atoms with van der Waals surface area (Å²) in [5.74, 6) is 0.132. The maximum Gasteiger partial charge on any atom is 0.251 e. The first-order chi connectivity index (χ1) is 18.5. The van der Waals surface area contributed by atoms with Crippen LogP contribution in [0.5, 0.6) is 0 Å². The average molecular weight is 511 g/mol. The lowest BCUT2D eigenvalue weighted by molar-refractivity contribution is -0.121. The molecule has 3 atom stereocenters. The minimum absolute atomic E-state index is 0.00155. The van der Waals surface area contributed by atoms with Gasteiger partial charge in [0.15, 0.2) is 0 Å². The van der Waals surface area contributed by atoms with Gasteiger partial charge in [0, 0.05) is 61.8 Å². The minimum atomic E-state index is -0.0264. The van der Waals surface area contributed by atoms with Gasteiger partial charge in [-0.05, 0) is 66.5 Å². The molecule has 4 heterocycles. The third-order valence-corrected chi connectivity index (χ3v) is 7.98. The van der Waals surface area contributed by atoms with E-state index in [2.05, 4.69) is 86.7 Å². The topological polar surface area (TPSA) is 88.7 Å². The highest BCUT2D eigenvalue weighted by Gasteiger charge is 2.31. The van der Waals surface area contributed by atoms with E-state index >= 15 is 0 Å². The second-order valence-electron chi connectivity index (χ2n) is 10.3. The molecule has 3 unspecified atom stereocenters. The highest BCUT2D eigenvalue weighted by molar-refractivity contribution is 5.98. The zero-order chi connectivity index (χ0) is 26.2. The Balaban J connectivity index is 1.14. The predicted molar refractivity (Wildman–Crippen MR) is 148 cm³/mol. The molecule has 1 saturated heterocycles. The van der Waals surface area contributed by atoms with Gasteiger partial charge >= 0.3 is 0 Å². The van der Waals surface area contributed by atoms with Gasteiger partial charge in [0.2, 0.25) is 5.91 Å². The number of benzene rings is 2. The molecule has 6 rings (SSSR count). The summed E-state index contributed by atoms with van der Waals surface area (Å²) in [6.07, 6.45) is 9.78. The van der Waals surface area contributed by atoms with Gasteiger partial charge in [0.25, 0.3) is 5.91 Å². The number of anilines is 1. The molecule has 4 aliphatic heterocycles. The molecule has 0 radical (unpaired) electrons. The summed E-state index contributed by atoms with van der Waals surface area (Å²) in [5.41, 5.74) is 7.35. The van der Waals surface area contributed by atoms with Gasteiger partial charge in [-0.15, -0.1) is 0 Å². The molecular formula is C30H34N6O2. The SMILES string of the molecule is CCC(=O)NC1CCN(C(C)c2ccc(NC3=CC=C(c4ccc5c(c4)CNC5=O)N4C=CNC34)cc2)C1. The molecule has 0 aliphatic carbocycles. The van der Waals surface area contributed by atoms with Gasteiger partial charge in [-0.2, -0.15) is 0 Å². The molecule has 0 spiro atoms. The second-order valence-corrected chi connectivity index (χ2v) is 10.3. The summed E-state index contributed by atoms with van der Waals surface area (Å²) < 4.78 is 0. The summed E-state index contributed by atoms with van der Waals surface area (Å²) in [4.78, 5) is 28.4. The summed E-state index contributed by atoms with van der Waals surface area (Å²) in [6.45, 7) is 6.59. The number of rotatable bonds is 7. The lowest BCUT2D eigenvalue weighted by Crippen LogP contribution is -2.40. The van der Waals surface area contributed by atoms with E-state index < -0.39 is 0 Å². The standard InChI is InChI=1S/C30H34N6O2/c1-3-28(37)34-24-12-14-35(18-24)19(2)20-4-7-23(8-5-20)33-26-10-11-27(36-15-13-31-29(26)36)21-6-9-25-22(16-21)17-32-30(25)38/h4-11,13,15-16,19,24,29,31,33H,3,12,14,17-18H2,1-2H3,(H,32,38)(H,34,37). The van der Waals surface area contributed by atoms with Crippen molar-refractivity contribution in [2.45, 2.75) is 51.5 Å². The van der Waals surface area contributed by atoms with Crippen molar-refractivity contribution in [2.24, 2.45) is 0 Å². The van der Waals surface area contributed by atoms with Crippen molar-refractivity contribution in [2.75, 3.05) is 18.4 Å². The van der Waals surface area contributed by atoms with Crippen LogP contribution in [-0.2, 0) is 11.3 Å². The number of fused-ring (bicyclic) bond motifs is 2. The molecule has 4 N–H and O–H groups in total. The van der Waals surface area contributed by atoms with Crippen LogP contribution in [0.4, 0.5) is 5.69 Å². The Labute approximate surface area is 223 Å². The third kappa shape index (κ3) is 4.56. The van der Waals surface area contributed by atoms with Crippen LogP contribution in [0.25, 0.3) is 5.70 Å². The van der Waals surface area contributed by atoms with Crippen LogP contribution in [-0.4, -0.2) is 46.9 Å². The van der Waals surface area contributed by atoms with Crippen LogP contribution >= 0.6 is 0 Å². The first-order valence-electron chi connectivity index (χ1n) is 13.4. The number of allylic oxidation sites excluding steroid dienone is 2. The maximum absolute atomic E-state index is 11.9.